The summed E-state index contributed by atoms with van der Waals surface area (Å²) in [5.41, 5.74) is 0.231. The predicted molar refractivity (Wildman–Crippen MR) is 76.5 cm³/mol. The Morgan fingerprint density at radius 1 is 1.00 bits per heavy atom. The summed E-state index contributed by atoms with van der Waals surface area (Å²) >= 11 is 0. The molecule has 1 heterocycles. The fourth-order valence-electron chi connectivity index (χ4n) is 1.99. The van der Waals surface area contributed by atoms with E-state index in [1.54, 1.807) is 6.07 Å². The second-order valence-corrected chi connectivity index (χ2v) is 6.38. The van der Waals surface area contributed by atoms with Crippen LogP contribution in [0.5, 0.6) is 17.2 Å². The lowest BCUT2D eigenvalue weighted by Crippen LogP contribution is -2.17. The number of anilines is 1. The molecule has 10 heteroatoms. The Kier molecular flexibility index (Phi) is 3.91. The summed E-state index contributed by atoms with van der Waals surface area (Å²) < 4.78 is 77.1. The highest BCUT2D eigenvalue weighted by Gasteiger charge is 2.31. The monoisotopic (exact) mass is 361 g/mol. The van der Waals surface area contributed by atoms with Crippen LogP contribution < -0.4 is 18.9 Å². The standard InChI is InChI=1S/C14H10F3NO5S/c15-14(16,17)23-10-2-4-11(5-3-10)24(19,20)18-9-1-6-12-13(7-9)22-8-21-12/h1-7,18H,8H2. The highest BCUT2D eigenvalue weighted by atomic mass is 32.2. The average molecular weight is 361 g/mol. The largest absolute Gasteiger partial charge is 0.573 e. The molecule has 1 aliphatic heterocycles. The van der Waals surface area contributed by atoms with Gasteiger partial charge in [-0.2, -0.15) is 0 Å². The molecular weight excluding hydrogens is 351 g/mol. The Labute approximate surface area is 134 Å². The van der Waals surface area contributed by atoms with Gasteiger partial charge in [0.2, 0.25) is 6.79 Å². The number of hydrogen-bond acceptors (Lipinski definition) is 5. The van der Waals surface area contributed by atoms with E-state index in [1.807, 2.05) is 0 Å². The quantitative estimate of drug-likeness (QED) is 0.906. The molecule has 0 fully saturated rings. The molecule has 0 radical (unpaired) electrons. The number of ether oxygens (including phenoxy) is 3. The molecule has 0 unspecified atom stereocenters. The van der Waals surface area contributed by atoms with Crippen LogP contribution in [0.4, 0.5) is 18.9 Å². The first-order valence-electron chi connectivity index (χ1n) is 6.51. The normalized spacial score (nSPS) is 13.6. The van der Waals surface area contributed by atoms with E-state index in [-0.39, 0.29) is 17.4 Å². The number of benzene rings is 2. The summed E-state index contributed by atoms with van der Waals surface area (Å²) in [6.45, 7) is 0.0478. The van der Waals surface area contributed by atoms with Crippen LogP contribution in [0.1, 0.15) is 0 Å². The third-order valence-electron chi connectivity index (χ3n) is 2.99. The maximum Gasteiger partial charge on any atom is 0.573 e. The van der Waals surface area contributed by atoms with Crippen molar-refractivity contribution in [2.24, 2.45) is 0 Å². The molecule has 0 spiro atoms. The molecule has 2 aromatic rings. The number of nitrogens with one attached hydrogen (secondary N) is 1. The molecular formula is C14H10F3NO5S. The van der Waals surface area contributed by atoms with Gasteiger partial charge in [0.1, 0.15) is 5.75 Å². The minimum atomic E-state index is -4.84. The van der Waals surface area contributed by atoms with Gasteiger partial charge in [0.15, 0.2) is 11.5 Å². The predicted octanol–water partition coefficient (Wildman–Crippen LogP) is 3.11. The second kappa shape index (κ2) is 5.78. The van der Waals surface area contributed by atoms with Gasteiger partial charge in [0, 0.05) is 6.07 Å². The van der Waals surface area contributed by atoms with Crippen molar-refractivity contribution in [2.45, 2.75) is 11.3 Å². The van der Waals surface area contributed by atoms with Crippen LogP contribution in [0, 0.1) is 0 Å². The number of hydrogen-bond donors (Lipinski definition) is 1. The van der Waals surface area contributed by atoms with Crippen molar-refractivity contribution < 1.29 is 35.8 Å². The van der Waals surface area contributed by atoms with Gasteiger partial charge in [-0.15, -0.1) is 13.2 Å². The average Bonchev–Trinajstić information content (AvgIpc) is 2.93. The van der Waals surface area contributed by atoms with Gasteiger partial charge in [-0.1, -0.05) is 0 Å². The lowest BCUT2D eigenvalue weighted by Gasteiger charge is -2.11. The summed E-state index contributed by atoms with van der Waals surface area (Å²) in [6.07, 6.45) is -4.84. The van der Waals surface area contributed by atoms with E-state index < -0.39 is 22.1 Å². The molecule has 0 atom stereocenters. The molecule has 1 aliphatic rings. The highest BCUT2D eigenvalue weighted by Crippen LogP contribution is 2.35. The van der Waals surface area contributed by atoms with Crippen LogP contribution in [-0.2, 0) is 10.0 Å². The van der Waals surface area contributed by atoms with Crippen molar-refractivity contribution in [1.82, 2.24) is 0 Å². The Morgan fingerprint density at radius 3 is 2.33 bits per heavy atom. The minimum Gasteiger partial charge on any atom is -0.454 e. The van der Waals surface area contributed by atoms with E-state index in [4.69, 9.17) is 9.47 Å². The molecule has 0 bridgehead atoms. The van der Waals surface area contributed by atoms with E-state index >= 15 is 0 Å². The molecule has 2 aromatic carbocycles. The SMILES string of the molecule is O=S(=O)(Nc1ccc2c(c1)OCO2)c1ccc(OC(F)(F)F)cc1. The van der Waals surface area contributed by atoms with E-state index in [0.717, 1.165) is 24.3 Å². The van der Waals surface area contributed by atoms with E-state index in [1.165, 1.54) is 12.1 Å². The van der Waals surface area contributed by atoms with Crippen LogP contribution >= 0.6 is 0 Å². The molecule has 3 rings (SSSR count). The number of fused-ring (bicyclic) bond motifs is 1. The van der Waals surface area contributed by atoms with Gasteiger partial charge in [0.25, 0.3) is 10.0 Å². The van der Waals surface area contributed by atoms with E-state index in [2.05, 4.69) is 9.46 Å². The summed E-state index contributed by atoms with van der Waals surface area (Å²) in [4.78, 5) is -0.213. The number of halogens is 3. The Morgan fingerprint density at radius 2 is 1.67 bits per heavy atom. The van der Waals surface area contributed by atoms with Gasteiger partial charge in [-0.25, -0.2) is 8.42 Å². The molecule has 128 valence electrons. The van der Waals surface area contributed by atoms with Gasteiger partial charge in [-0.05, 0) is 36.4 Å². The summed E-state index contributed by atoms with van der Waals surface area (Å²) in [6, 6.07) is 8.32. The summed E-state index contributed by atoms with van der Waals surface area (Å²) in [5.74, 6) is 0.375. The molecule has 0 saturated heterocycles. The van der Waals surface area contributed by atoms with Crippen molar-refractivity contribution >= 4 is 15.7 Å². The molecule has 0 saturated carbocycles. The minimum absolute atomic E-state index is 0.0478. The zero-order chi connectivity index (χ0) is 17.4. The van der Waals surface area contributed by atoms with Crippen LogP contribution in [-0.4, -0.2) is 21.6 Å². The first-order chi connectivity index (χ1) is 11.2. The van der Waals surface area contributed by atoms with Crippen LogP contribution in [0.25, 0.3) is 0 Å². The fraction of sp³-hybridized carbons (Fsp3) is 0.143. The molecule has 0 aromatic heterocycles. The van der Waals surface area contributed by atoms with Crippen LogP contribution in [0.2, 0.25) is 0 Å². The molecule has 1 N–H and O–H groups in total. The molecule has 0 aliphatic carbocycles. The van der Waals surface area contributed by atoms with Crippen molar-refractivity contribution in [2.75, 3.05) is 11.5 Å². The first-order valence-corrected chi connectivity index (χ1v) is 7.99. The molecule has 24 heavy (non-hydrogen) atoms. The maximum atomic E-state index is 12.3. The van der Waals surface area contributed by atoms with E-state index in [9.17, 15) is 21.6 Å². The third-order valence-corrected chi connectivity index (χ3v) is 4.39. The van der Waals surface area contributed by atoms with E-state index in [0.29, 0.717) is 11.5 Å². The molecule has 0 amide bonds. The summed E-state index contributed by atoms with van der Waals surface area (Å²) in [5, 5.41) is 0. The van der Waals surface area contributed by atoms with Crippen molar-refractivity contribution in [3.05, 3.63) is 42.5 Å². The smallest absolute Gasteiger partial charge is 0.454 e. The molecule has 6 nitrogen and oxygen atoms in total. The Balaban J connectivity index is 1.78. The second-order valence-electron chi connectivity index (χ2n) is 4.69. The highest BCUT2D eigenvalue weighted by molar-refractivity contribution is 7.92. The Bertz CT molecular complexity index is 850. The van der Waals surface area contributed by atoms with Gasteiger partial charge in [0.05, 0.1) is 10.6 Å². The van der Waals surface area contributed by atoms with Crippen LogP contribution in [0.15, 0.2) is 47.4 Å². The van der Waals surface area contributed by atoms with Crippen molar-refractivity contribution in [3.63, 3.8) is 0 Å². The third kappa shape index (κ3) is 3.65. The summed E-state index contributed by atoms with van der Waals surface area (Å²) in [7, 11) is -3.97. The van der Waals surface area contributed by atoms with Gasteiger partial charge < -0.3 is 14.2 Å². The Hall–Kier alpha value is -2.62. The lowest BCUT2D eigenvalue weighted by molar-refractivity contribution is -0.274. The first kappa shape index (κ1) is 16.2. The van der Waals surface area contributed by atoms with Gasteiger partial charge >= 0.3 is 6.36 Å². The fourth-order valence-corrected chi connectivity index (χ4v) is 3.04. The number of sulfonamides is 1. The van der Waals surface area contributed by atoms with Gasteiger partial charge in [-0.3, -0.25) is 4.72 Å². The maximum absolute atomic E-state index is 12.3. The number of rotatable bonds is 4. The lowest BCUT2D eigenvalue weighted by atomic mass is 10.3. The zero-order valence-corrected chi connectivity index (χ0v) is 12.6. The topological polar surface area (TPSA) is 73.9 Å². The number of alkyl halides is 3. The zero-order valence-electron chi connectivity index (χ0n) is 11.8. The van der Waals surface area contributed by atoms with Crippen molar-refractivity contribution in [1.29, 1.82) is 0 Å². The van der Waals surface area contributed by atoms with Crippen molar-refractivity contribution in [3.8, 4) is 17.2 Å². The van der Waals surface area contributed by atoms with Crippen LogP contribution in [0.3, 0.4) is 0 Å².